The Kier molecular flexibility index (Phi) is 14.5. The number of rotatable bonds is 21. The minimum Gasteiger partial charge on any atom is -0.507 e. The van der Waals surface area contributed by atoms with Crippen molar-refractivity contribution >= 4 is 29.0 Å². The van der Waals surface area contributed by atoms with Crippen molar-refractivity contribution in [2.75, 3.05) is 0 Å². The third kappa shape index (κ3) is 9.28. The van der Waals surface area contributed by atoms with Gasteiger partial charge in [0.2, 0.25) is 11.6 Å². The standard InChI is InChI=1S/C40H51NO6S/c1-3-5-7-9-11-13-15-18-22-28-26-31(41(46)47)33-35(37(28)42)40(45)36-34(39(33)44)32(48-30-24-20-17-21-25-30)27-29(38(36)43)23-19-16-14-12-10-8-6-4-2/h17,20-21,24-27,42-43H,3-16,18-19,22-23H2,1-2H3. The molecule has 48 heavy (non-hydrogen) atoms. The van der Waals surface area contributed by atoms with Crippen LogP contribution in [0, 0.1) is 10.1 Å². The predicted molar refractivity (Wildman–Crippen MR) is 193 cm³/mol. The maximum atomic E-state index is 14.3. The first-order valence-electron chi connectivity index (χ1n) is 18.0. The molecule has 0 unspecified atom stereocenters. The van der Waals surface area contributed by atoms with Crippen LogP contribution in [-0.2, 0) is 12.8 Å². The summed E-state index contributed by atoms with van der Waals surface area (Å²) >= 11 is 1.29. The topological polar surface area (TPSA) is 118 Å². The molecular weight excluding hydrogens is 623 g/mol. The summed E-state index contributed by atoms with van der Waals surface area (Å²) in [5, 5.41) is 35.3. The average molecular weight is 674 g/mol. The Balaban J connectivity index is 1.66. The molecule has 8 heteroatoms. The van der Waals surface area contributed by atoms with Gasteiger partial charge in [-0.2, -0.15) is 0 Å². The second kappa shape index (κ2) is 18.8. The van der Waals surface area contributed by atoms with E-state index in [-0.39, 0.29) is 28.0 Å². The van der Waals surface area contributed by atoms with Gasteiger partial charge in [-0.3, -0.25) is 19.7 Å². The summed E-state index contributed by atoms with van der Waals surface area (Å²) in [6.45, 7) is 4.38. The zero-order valence-corrected chi connectivity index (χ0v) is 29.5. The van der Waals surface area contributed by atoms with Crippen molar-refractivity contribution in [1.29, 1.82) is 0 Å². The highest BCUT2D eigenvalue weighted by atomic mass is 32.2. The van der Waals surface area contributed by atoms with E-state index in [0.29, 0.717) is 29.7 Å². The molecule has 4 rings (SSSR count). The van der Waals surface area contributed by atoms with E-state index in [4.69, 9.17) is 0 Å². The van der Waals surface area contributed by atoms with Crippen LogP contribution < -0.4 is 0 Å². The lowest BCUT2D eigenvalue weighted by atomic mass is 9.79. The summed E-state index contributed by atoms with van der Waals surface area (Å²) < 4.78 is 0. The van der Waals surface area contributed by atoms with Gasteiger partial charge in [0.1, 0.15) is 17.1 Å². The fourth-order valence-corrected chi connectivity index (χ4v) is 7.73. The minimum atomic E-state index is -0.747. The van der Waals surface area contributed by atoms with E-state index >= 15 is 0 Å². The van der Waals surface area contributed by atoms with Crippen LogP contribution in [0.2, 0.25) is 0 Å². The van der Waals surface area contributed by atoms with E-state index in [2.05, 4.69) is 13.8 Å². The second-order valence-electron chi connectivity index (χ2n) is 13.1. The third-order valence-electron chi connectivity index (χ3n) is 9.38. The summed E-state index contributed by atoms with van der Waals surface area (Å²) in [5.41, 5.74) is -0.629. The van der Waals surface area contributed by atoms with Crippen LogP contribution >= 0.6 is 11.8 Å². The highest BCUT2D eigenvalue weighted by Crippen LogP contribution is 2.47. The number of phenols is 2. The lowest BCUT2D eigenvalue weighted by Crippen LogP contribution is -2.24. The van der Waals surface area contributed by atoms with E-state index in [1.807, 2.05) is 30.3 Å². The smallest absolute Gasteiger partial charge is 0.281 e. The van der Waals surface area contributed by atoms with Gasteiger partial charge in [-0.1, -0.05) is 134 Å². The highest BCUT2D eigenvalue weighted by Gasteiger charge is 2.42. The molecule has 0 amide bonds. The average Bonchev–Trinajstić information content (AvgIpc) is 3.07. The molecule has 1 aliphatic rings. The number of ketones is 2. The molecule has 1 aliphatic carbocycles. The number of fused-ring (bicyclic) bond motifs is 2. The molecule has 7 nitrogen and oxygen atoms in total. The van der Waals surface area contributed by atoms with Crippen molar-refractivity contribution in [3.63, 3.8) is 0 Å². The van der Waals surface area contributed by atoms with Crippen molar-refractivity contribution in [3.8, 4) is 11.5 Å². The Labute approximate surface area is 289 Å². The van der Waals surface area contributed by atoms with Gasteiger partial charge in [0.05, 0.1) is 21.6 Å². The van der Waals surface area contributed by atoms with Gasteiger partial charge in [0.15, 0.2) is 0 Å². The van der Waals surface area contributed by atoms with Crippen LogP contribution in [0.5, 0.6) is 11.5 Å². The number of benzene rings is 3. The van der Waals surface area contributed by atoms with E-state index in [1.165, 1.54) is 69.2 Å². The Morgan fingerprint density at radius 3 is 1.54 bits per heavy atom. The number of phenolic OH excluding ortho intramolecular Hbond substituents is 2. The molecule has 3 aromatic rings. The molecule has 3 aromatic carbocycles. The molecule has 0 saturated carbocycles. The van der Waals surface area contributed by atoms with Gasteiger partial charge in [0.25, 0.3) is 5.69 Å². The van der Waals surface area contributed by atoms with Crippen molar-refractivity contribution in [1.82, 2.24) is 0 Å². The SMILES string of the molecule is CCCCCCCCCCc1cc(Sc2ccccc2)c2c(c1O)C(=O)c1c(O)c(CCCCCCCCCC)cc([N+](=O)[O-])c1C2=O. The molecule has 0 radical (unpaired) electrons. The van der Waals surface area contributed by atoms with Gasteiger partial charge in [0, 0.05) is 21.4 Å². The van der Waals surface area contributed by atoms with Crippen LogP contribution in [0.3, 0.4) is 0 Å². The number of nitro groups is 1. The molecule has 0 heterocycles. The van der Waals surface area contributed by atoms with E-state index in [1.54, 1.807) is 6.07 Å². The predicted octanol–water partition coefficient (Wildman–Crippen LogP) is 11.3. The van der Waals surface area contributed by atoms with E-state index < -0.39 is 33.5 Å². The van der Waals surface area contributed by atoms with E-state index in [9.17, 15) is 29.9 Å². The normalized spacial score (nSPS) is 12.3. The number of aromatic hydroxyl groups is 2. The monoisotopic (exact) mass is 673 g/mol. The van der Waals surface area contributed by atoms with Crippen LogP contribution in [0.25, 0.3) is 0 Å². The maximum absolute atomic E-state index is 14.3. The number of unbranched alkanes of at least 4 members (excludes halogenated alkanes) is 14. The largest absolute Gasteiger partial charge is 0.507 e. The molecule has 0 aromatic heterocycles. The van der Waals surface area contributed by atoms with Crippen molar-refractivity contribution in [2.45, 2.75) is 139 Å². The summed E-state index contributed by atoms with van der Waals surface area (Å²) in [4.78, 5) is 41.5. The fourth-order valence-electron chi connectivity index (χ4n) is 6.68. The molecular formula is C40H51NO6S. The highest BCUT2D eigenvalue weighted by molar-refractivity contribution is 7.99. The lowest BCUT2D eigenvalue weighted by molar-refractivity contribution is -0.385. The van der Waals surface area contributed by atoms with Crippen LogP contribution in [-0.4, -0.2) is 26.7 Å². The van der Waals surface area contributed by atoms with Gasteiger partial charge in [-0.15, -0.1) is 0 Å². The van der Waals surface area contributed by atoms with Crippen LogP contribution in [0.15, 0.2) is 52.3 Å². The number of carbonyl (C=O) groups is 2. The van der Waals surface area contributed by atoms with Gasteiger partial charge in [-0.25, -0.2) is 0 Å². The first kappa shape index (κ1) is 37.2. The number of nitrogens with zero attached hydrogens (tertiary/aromatic N) is 1. The summed E-state index contributed by atoms with van der Waals surface area (Å²) in [6, 6.07) is 12.4. The minimum absolute atomic E-state index is 0.0446. The molecule has 0 aliphatic heterocycles. The number of hydrogen-bond acceptors (Lipinski definition) is 7. The lowest BCUT2D eigenvalue weighted by Gasteiger charge is -2.24. The maximum Gasteiger partial charge on any atom is 0.281 e. The van der Waals surface area contributed by atoms with Crippen molar-refractivity contribution < 1.29 is 24.7 Å². The first-order valence-corrected chi connectivity index (χ1v) is 18.9. The first-order chi connectivity index (χ1) is 23.3. The number of nitro benzene ring substituents is 1. The summed E-state index contributed by atoms with van der Waals surface area (Å²) in [6.07, 6.45) is 18.4. The van der Waals surface area contributed by atoms with Crippen molar-refractivity contribution in [2.24, 2.45) is 0 Å². The summed E-state index contributed by atoms with van der Waals surface area (Å²) in [5.74, 6) is -2.15. The van der Waals surface area contributed by atoms with Crippen LogP contribution in [0.4, 0.5) is 5.69 Å². The van der Waals surface area contributed by atoms with Crippen LogP contribution in [0.1, 0.15) is 160 Å². The Morgan fingerprint density at radius 1 is 0.604 bits per heavy atom. The van der Waals surface area contributed by atoms with Gasteiger partial charge in [-0.05, 0) is 49.4 Å². The van der Waals surface area contributed by atoms with Gasteiger partial charge >= 0.3 is 0 Å². The molecule has 0 spiro atoms. The third-order valence-corrected chi connectivity index (χ3v) is 10.4. The van der Waals surface area contributed by atoms with Gasteiger partial charge < -0.3 is 10.2 Å². The molecule has 2 N–H and O–H groups in total. The van der Waals surface area contributed by atoms with E-state index in [0.717, 1.165) is 49.8 Å². The fraction of sp³-hybridized carbons (Fsp3) is 0.500. The number of aryl methyl sites for hydroxylation is 2. The summed E-state index contributed by atoms with van der Waals surface area (Å²) in [7, 11) is 0. The quantitative estimate of drug-likeness (QED) is 0.0513. The molecule has 0 saturated heterocycles. The Morgan fingerprint density at radius 2 is 1.04 bits per heavy atom. The zero-order chi connectivity index (χ0) is 34.5. The Hall–Kier alpha value is -3.65. The molecule has 0 fully saturated rings. The Bertz CT molecular complexity index is 1570. The number of hydrogen-bond donors (Lipinski definition) is 2. The second-order valence-corrected chi connectivity index (χ2v) is 14.2. The number of carbonyl (C=O) groups excluding carboxylic acids is 2. The molecule has 258 valence electrons. The molecule has 0 atom stereocenters. The molecule has 0 bridgehead atoms. The zero-order valence-electron chi connectivity index (χ0n) is 28.7. The van der Waals surface area contributed by atoms with Crippen molar-refractivity contribution in [3.05, 3.63) is 86.0 Å².